The number of allylic oxidation sites excluding steroid dienone is 4. The first-order valence-corrected chi connectivity index (χ1v) is 11.1. The van der Waals surface area contributed by atoms with E-state index in [9.17, 15) is 25.2 Å². The second kappa shape index (κ2) is 16.6. The number of rotatable bonds is 18. The zero-order chi connectivity index (χ0) is 22.1. The average molecular weight is 414 g/mol. The molecule has 6 heteroatoms. The van der Waals surface area contributed by atoms with E-state index in [0.717, 1.165) is 25.7 Å². The molecular weight excluding hydrogens is 370 g/mol. The number of aliphatic hydroxyl groups excluding tert-OH is 3. The van der Waals surface area contributed by atoms with Crippen LogP contribution in [-0.2, 0) is 4.79 Å². The maximum atomic E-state index is 11.1. The number of hydrogen-bond donors (Lipinski definition) is 3. The second-order valence-corrected chi connectivity index (χ2v) is 8.11. The quantitative estimate of drug-likeness (QED) is 0.235. The molecule has 170 valence electrons. The van der Waals surface area contributed by atoms with Gasteiger partial charge in [0.25, 0.3) is 0 Å². The molecule has 0 amide bonds. The minimum atomic E-state index is -1.09. The van der Waals surface area contributed by atoms with E-state index in [4.69, 9.17) is 0 Å². The molecule has 0 aliphatic carbocycles. The molecular formula is C23H43NO5. The molecule has 3 atom stereocenters. The largest absolute Gasteiger partial charge is 0.550 e. The Morgan fingerprint density at radius 2 is 1.38 bits per heavy atom. The van der Waals surface area contributed by atoms with E-state index in [1.165, 1.54) is 0 Å². The van der Waals surface area contributed by atoms with Crippen molar-refractivity contribution in [2.75, 3.05) is 32.8 Å². The van der Waals surface area contributed by atoms with Crippen LogP contribution in [0.3, 0.4) is 0 Å². The lowest BCUT2D eigenvalue weighted by molar-refractivity contribution is -0.934. The van der Waals surface area contributed by atoms with Crippen molar-refractivity contribution in [3.05, 3.63) is 24.3 Å². The normalized spacial score (nSPS) is 17.4. The van der Waals surface area contributed by atoms with E-state index in [2.05, 4.69) is 38.2 Å². The van der Waals surface area contributed by atoms with Gasteiger partial charge in [0.2, 0.25) is 0 Å². The van der Waals surface area contributed by atoms with E-state index < -0.39 is 24.1 Å². The Hall–Kier alpha value is -1.21. The van der Waals surface area contributed by atoms with Crippen LogP contribution in [0.4, 0.5) is 0 Å². The molecule has 29 heavy (non-hydrogen) atoms. The first kappa shape index (κ1) is 27.8. The zero-order valence-electron chi connectivity index (χ0n) is 18.6. The summed E-state index contributed by atoms with van der Waals surface area (Å²) in [6.45, 7) is 7.29. The van der Waals surface area contributed by atoms with E-state index in [1.807, 2.05) is 0 Å². The molecule has 3 unspecified atom stereocenters. The average Bonchev–Trinajstić information content (AvgIpc) is 2.67. The van der Waals surface area contributed by atoms with Gasteiger partial charge in [-0.05, 0) is 38.5 Å². The maximum Gasteiger partial charge on any atom is 0.105 e. The van der Waals surface area contributed by atoms with E-state index in [0.29, 0.717) is 49.9 Å². The first-order valence-electron chi connectivity index (χ1n) is 11.1. The predicted molar refractivity (Wildman–Crippen MR) is 115 cm³/mol. The molecule has 0 aromatic heterocycles. The van der Waals surface area contributed by atoms with Crippen molar-refractivity contribution in [2.24, 2.45) is 5.92 Å². The van der Waals surface area contributed by atoms with Crippen LogP contribution in [0.2, 0.25) is 0 Å². The molecule has 0 aromatic rings. The molecule has 0 fully saturated rings. The number of carbonyl (C=O) groups excluding carboxylic acids is 1. The van der Waals surface area contributed by atoms with Gasteiger partial charge in [-0.1, -0.05) is 45.1 Å². The van der Waals surface area contributed by atoms with E-state index in [1.54, 1.807) is 6.92 Å². The van der Waals surface area contributed by atoms with E-state index in [-0.39, 0.29) is 6.61 Å². The third kappa shape index (κ3) is 13.6. The van der Waals surface area contributed by atoms with Crippen molar-refractivity contribution >= 4 is 5.97 Å². The Bertz CT molecular complexity index is 452. The summed E-state index contributed by atoms with van der Waals surface area (Å²) in [6, 6.07) is 0. The van der Waals surface area contributed by atoms with Gasteiger partial charge in [-0.2, -0.15) is 0 Å². The fraction of sp³-hybridized carbons (Fsp3) is 0.783. The number of quaternary nitrogens is 1. The lowest BCUT2D eigenvalue weighted by Crippen LogP contribution is -2.58. The van der Waals surface area contributed by atoms with Crippen molar-refractivity contribution < 1.29 is 29.7 Å². The van der Waals surface area contributed by atoms with Gasteiger partial charge in [-0.15, -0.1) is 0 Å². The van der Waals surface area contributed by atoms with Crippen LogP contribution in [0.1, 0.15) is 65.7 Å². The summed E-state index contributed by atoms with van der Waals surface area (Å²) in [4.78, 5) is 11.1. The third-order valence-electron chi connectivity index (χ3n) is 5.35. The number of carboxylic acid groups (broad SMARTS) is 1. The Balaban J connectivity index is 5.16. The van der Waals surface area contributed by atoms with Gasteiger partial charge in [-0.25, -0.2) is 0 Å². The molecule has 0 heterocycles. The summed E-state index contributed by atoms with van der Waals surface area (Å²) in [5, 5.41) is 42.0. The van der Waals surface area contributed by atoms with Crippen molar-refractivity contribution in [1.29, 1.82) is 0 Å². The summed E-state index contributed by atoms with van der Waals surface area (Å²) in [5.74, 6) is -1.71. The SMILES string of the molecule is CC/C=C/CCC(O)C[N+](CCO)(CCC(C)C(=O)[O-])CC(O)CC/C=C/CC. The van der Waals surface area contributed by atoms with Crippen LogP contribution < -0.4 is 5.11 Å². The number of aliphatic hydroxyl groups is 3. The molecule has 3 N–H and O–H groups in total. The highest BCUT2D eigenvalue weighted by molar-refractivity contribution is 5.66. The van der Waals surface area contributed by atoms with Crippen LogP contribution in [0.15, 0.2) is 24.3 Å². The Kier molecular flexibility index (Phi) is 15.9. The van der Waals surface area contributed by atoms with Crippen LogP contribution in [0.25, 0.3) is 0 Å². The van der Waals surface area contributed by atoms with Crippen LogP contribution in [-0.4, -0.2) is 70.8 Å². The molecule has 0 rings (SSSR count). The fourth-order valence-corrected chi connectivity index (χ4v) is 3.57. The van der Waals surface area contributed by atoms with Gasteiger partial charge >= 0.3 is 0 Å². The van der Waals surface area contributed by atoms with Gasteiger partial charge in [0.1, 0.15) is 31.8 Å². The molecule has 6 nitrogen and oxygen atoms in total. The first-order chi connectivity index (χ1) is 13.8. The Morgan fingerprint density at radius 3 is 1.76 bits per heavy atom. The van der Waals surface area contributed by atoms with Gasteiger partial charge < -0.3 is 29.7 Å². The summed E-state index contributed by atoms with van der Waals surface area (Å²) >= 11 is 0. The highest BCUT2D eigenvalue weighted by atomic mass is 16.4. The minimum Gasteiger partial charge on any atom is -0.550 e. The van der Waals surface area contributed by atoms with Gasteiger partial charge in [0, 0.05) is 18.3 Å². The maximum absolute atomic E-state index is 11.1. The molecule has 0 aromatic carbocycles. The van der Waals surface area contributed by atoms with Gasteiger partial charge in [0.15, 0.2) is 0 Å². The molecule has 0 radical (unpaired) electrons. The number of carbonyl (C=O) groups is 1. The smallest absolute Gasteiger partial charge is 0.105 e. The fourth-order valence-electron chi connectivity index (χ4n) is 3.57. The number of aliphatic carboxylic acids is 1. The van der Waals surface area contributed by atoms with Crippen LogP contribution in [0, 0.1) is 5.92 Å². The summed E-state index contributed by atoms with van der Waals surface area (Å²) in [6.07, 6.45) is 12.1. The molecule has 0 saturated carbocycles. The van der Waals surface area contributed by atoms with Crippen LogP contribution in [0.5, 0.6) is 0 Å². The standard InChI is InChI=1S/C23H43NO5/c1-4-6-8-10-12-21(26)18-24(16-17-25,15-14-20(3)23(28)29)19-22(27)13-11-9-7-5-2/h6-9,20-22,25-27H,4-5,10-19H2,1-3H3/b8-6+,9-7+. The Labute approximate surface area is 177 Å². The highest BCUT2D eigenvalue weighted by Crippen LogP contribution is 2.18. The predicted octanol–water partition coefficient (Wildman–Crippen LogP) is 1.79. The summed E-state index contributed by atoms with van der Waals surface area (Å²) < 4.78 is 0.311. The summed E-state index contributed by atoms with van der Waals surface area (Å²) in [5.41, 5.74) is 0. The number of hydrogen-bond acceptors (Lipinski definition) is 5. The minimum absolute atomic E-state index is 0.0788. The molecule has 0 spiro atoms. The van der Waals surface area contributed by atoms with Gasteiger partial charge in [0.05, 0.1) is 13.2 Å². The van der Waals surface area contributed by atoms with Crippen molar-refractivity contribution in [1.82, 2.24) is 0 Å². The molecule has 0 aliphatic rings. The second-order valence-electron chi connectivity index (χ2n) is 8.11. The van der Waals surface area contributed by atoms with Gasteiger partial charge in [-0.3, -0.25) is 0 Å². The topological polar surface area (TPSA) is 101 Å². The molecule has 0 bridgehead atoms. The van der Waals surface area contributed by atoms with Crippen molar-refractivity contribution in [3.63, 3.8) is 0 Å². The highest BCUT2D eigenvalue weighted by Gasteiger charge is 2.32. The molecule has 0 aliphatic heterocycles. The summed E-state index contributed by atoms with van der Waals surface area (Å²) in [7, 11) is 0. The molecule has 0 saturated heterocycles. The Morgan fingerprint density at radius 1 is 0.897 bits per heavy atom. The monoisotopic (exact) mass is 413 g/mol. The lowest BCUT2D eigenvalue weighted by Gasteiger charge is -2.41. The lowest BCUT2D eigenvalue weighted by atomic mass is 10.0. The number of carboxylic acids is 1. The van der Waals surface area contributed by atoms with Crippen molar-refractivity contribution in [2.45, 2.75) is 77.9 Å². The van der Waals surface area contributed by atoms with Crippen LogP contribution >= 0.6 is 0 Å². The number of nitrogens with zero attached hydrogens (tertiary/aromatic N) is 1. The van der Waals surface area contributed by atoms with Crippen molar-refractivity contribution in [3.8, 4) is 0 Å². The zero-order valence-corrected chi connectivity index (χ0v) is 18.6. The van der Waals surface area contributed by atoms with E-state index >= 15 is 0 Å². The third-order valence-corrected chi connectivity index (χ3v) is 5.35.